The van der Waals surface area contributed by atoms with E-state index in [9.17, 15) is 13.6 Å². The first-order chi connectivity index (χ1) is 16.7. The molecule has 1 saturated heterocycles. The summed E-state index contributed by atoms with van der Waals surface area (Å²) in [5.41, 5.74) is 2.80. The maximum Gasteiger partial charge on any atom is 0.303 e. The largest absolute Gasteiger partial charge is 0.339 e. The van der Waals surface area contributed by atoms with E-state index in [4.69, 9.17) is 0 Å². The van der Waals surface area contributed by atoms with Crippen molar-refractivity contribution in [1.29, 1.82) is 0 Å². The average molecular weight is 484 g/mol. The maximum atomic E-state index is 13.9. The van der Waals surface area contributed by atoms with Crippen LogP contribution in [0.5, 0.6) is 0 Å². The zero-order valence-electron chi connectivity index (χ0n) is 19.8. The molecule has 0 aromatic carbocycles. The molecule has 1 amide bonds. The number of rotatable bonds is 7. The Morgan fingerprint density at radius 1 is 1.09 bits per heavy atom. The summed E-state index contributed by atoms with van der Waals surface area (Å²) < 4.78 is 27.8. The number of hydrogen-bond donors (Lipinski definition) is 3. The van der Waals surface area contributed by atoms with Gasteiger partial charge in [-0.05, 0) is 6.92 Å². The van der Waals surface area contributed by atoms with E-state index < -0.39 is 11.7 Å². The first kappa shape index (κ1) is 24.5. The van der Waals surface area contributed by atoms with Gasteiger partial charge in [0.1, 0.15) is 11.6 Å². The molecule has 0 saturated carbocycles. The Labute approximate surface area is 201 Å². The van der Waals surface area contributed by atoms with Crippen LogP contribution in [0.4, 0.5) is 26.1 Å². The average Bonchev–Trinajstić information content (AvgIpc) is 2.79. The topological polar surface area (TPSA) is 121 Å². The molecule has 0 radical (unpaired) electrons. The molecule has 0 unspecified atom stereocenters. The fourth-order valence-electron chi connectivity index (χ4n) is 3.65. The Morgan fingerprint density at radius 3 is 2.51 bits per heavy atom. The van der Waals surface area contributed by atoms with E-state index in [0.29, 0.717) is 35.0 Å². The Kier molecular flexibility index (Phi) is 7.22. The quantitative estimate of drug-likeness (QED) is 0.466. The van der Waals surface area contributed by atoms with Crippen molar-refractivity contribution >= 4 is 23.2 Å². The Hall–Kier alpha value is -3.64. The summed E-state index contributed by atoms with van der Waals surface area (Å²) in [6, 6.07) is 3.15. The van der Waals surface area contributed by atoms with Gasteiger partial charge in [-0.1, -0.05) is 0 Å². The van der Waals surface area contributed by atoms with E-state index in [1.165, 1.54) is 13.1 Å². The van der Waals surface area contributed by atoms with Crippen molar-refractivity contribution in [2.75, 3.05) is 36.8 Å². The molecule has 1 aliphatic rings. The van der Waals surface area contributed by atoms with Crippen LogP contribution in [0, 0.1) is 6.92 Å². The van der Waals surface area contributed by atoms with Crippen LogP contribution < -0.4 is 16.0 Å². The summed E-state index contributed by atoms with van der Waals surface area (Å²) in [6.45, 7) is 8.22. The molecule has 4 rings (SSSR count). The molecule has 4 heterocycles. The van der Waals surface area contributed by atoms with Crippen LogP contribution in [0.25, 0.3) is 11.3 Å². The van der Waals surface area contributed by atoms with Crippen molar-refractivity contribution < 1.29 is 13.6 Å². The number of carbonyl (C=O) groups is 1. The summed E-state index contributed by atoms with van der Waals surface area (Å²) in [6.07, 6.45) is 4.90. The zero-order chi connectivity index (χ0) is 25.0. The van der Waals surface area contributed by atoms with Gasteiger partial charge in [0.2, 0.25) is 11.7 Å². The molecule has 0 bridgehead atoms. The number of piperazine rings is 1. The lowest BCUT2D eigenvalue weighted by Crippen LogP contribution is -2.43. The molecular weight excluding hydrogens is 456 g/mol. The van der Waals surface area contributed by atoms with Crippen molar-refractivity contribution in [3.63, 3.8) is 0 Å². The smallest absolute Gasteiger partial charge is 0.303 e. The number of alkyl halides is 2. The van der Waals surface area contributed by atoms with E-state index in [-0.39, 0.29) is 11.7 Å². The minimum atomic E-state index is -3.20. The number of aromatic nitrogens is 5. The van der Waals surface area contributed by atoms with Gasteiger partial charge in [-0.2, -0.15) is 8.78 Å². The Morgan fingerprint density at radius 2 is 1.86 bits per heavy atom. The fourth-order valence-corrected chi connectivity index (χ4v) is 3.65. The highest BCUT2D eigenvalue weighted by Crippen LogP contribution is 2.31. The highest BCUT2D eigenvalue weighted by Gasteiger charge is 2.29. The Balaban J connectivity index is 1.65. The molecular formula is C23H27F2N9O. The van der Waals surface area contributed by atoms with E-state index in [1.54, 1.807) is 31.5 Å². The predicted octanol–water partition coefficient (Wildman–Crippen LogP) is 2.86. The first-order valence-corrected chi connectivity index (χ1v) is 11.2. The fraction of sp³-hybridized carbons (Fsp3) is 0.391. The van der Waals surface area contributed by atoms with Gasteiger partial charge in [0.05, 0.1) is 29.5 Å². The maximum absolute atomic E-state index is 13.9. The molecule has 12 heteroatoms. The molecule has 1 fully saturated rings. The van der Waals surface area contributed by atoms with Crippen molar-refractivity contribution in [2.24, 2.45) is 0 Å². The second-order valence-electron chi connectivity index (χ2n) is 8.45. The highest BCUT2D eigenvalue weighted by atomic mass is 19.3. The summed E-state index contributed by atoms with van der Waals surface area (Å²) in [5.74, 6) is -3.61. The lowest BCUT2D eigenvalue weighted by molar-refractivity contribution is -0.114. The van der Waals surface area contributed by atoms with Crippen molar-refractivity contribution in [3.8, 4) is 11.3 Å². The Bertz CT molecular complexity index is 1190. The number of halogens is 2. The molecule has 0 spiro atoms. The lowest BCUT2D eigenvalue weighted by atomic mass is 10.1. The van der Waals surface area contributed by atoms with Gasteiger partial charge in [0, 0.05) is 76.2 Å². The van der Waals surface area contributed by atoms with Gasteiger partial charge in [-0.3, -0.25) is 19.7 Å². The number of carbonyl (C=O) groups excluding carboxylic acids is 1. The molecule has 0 atom stereocenters. The van der Waals surface area contributed by atoms with Crippen molar-refractivity contribution in [2.45, 2.75) is 33.2 Å². The normalized spacial score (nSPS) is 14.5. The van der Waals surface area contributed by atoms with Gasteiger partial charge in [-0.15, -0.1) is 0 Å². The molecule has 3 aromatic rings. The van der Waals surface area contributed by atoms with Gasteiger partial charge in [0.15, 0.2) is 0 Å². The molecule has 3 aromatic heterocycles. The van der Waals surface area contributed by atoms with Crippen molar-refractivity contribution in [3.05, 3.63) is 47.9 Å². The SMILES string of the molecule is CC(=O)Nc1cc(Nc2cc(C)nc(C(C)(F)F)n2)c(-c2cnc(CN3CCNCC3)cn2)cn1. The molecule has 184 valence electrons. The number of nitrogens with zero attached hydrogens (tertiary/aromatic N) is 6. The second-order valence-corrected chi connectivity index (χ2v) is 8.45. The molecule has 0 aliphatic carbocycles. The molecule has 3 N–H and O–H groups in total. The van der Waals surface area contributed by atoms with Crippen LogP contribution in [0.1, 0.15) is 31.1 Å². The van der Waals surface area contributed by atoms with Crippen LogP contribution >= 0.6 is 0 Å². The number of nitrogens with one attached hydrogen (secondary N) is 3. The number of hydrogen-bond acceptors (Lipinski definition) is 9. The van der Waals surface area contributed by atoms with Crippen LogP contribution in [0.15, 0.2) is 30.7 Å². The van der Waals surface area contributed by atoms with Gasteiger partial charge in [-0.25, -0.2) is 15.0 Å². The highest BCUT2D eigenvalue weighted by molar-refractivity contribution is 5.89. The van der Waals surface area contributed by atoms with E-state index in [0.717, 1.165) is 38.8 Å². The van der Waals surface area contributed by atoms with Gasteiger partial charge < -0.3 is 16.0 Å². The van der Waals surface area contributed by atoms with Crippen LogP contribution in [-0.4, -0.2) is 61.9 Å². The summed E-state index contributed by atoms with van der Waals surface area (Å²) in [4.78, 5) is 35.0. The standard InChI is InChI=1S/C23H27F2N9O/c1-14-8-21(33-22(30-14)23(3,24)25)32-18-9-20(31-15(2)35)29-11-17(18)19-12-27-16(10-28-19)13-34-6-4-26-5-7-34/h8-12,26H,4-7,13H2,1-3H3,(H2,29,30,31,32,33,35). The van der Waals surface area contributed by atoms with Gasteiger partial charge in [0.25, 0.3) is 0 Å². The number of anilines is 3. The third-order valence-electron chi connectivity index (χ3n) is 5.29. The minimum Gasteiger partial charge on any atom is -0.339 e. The predicted molar refractivity (Wildman–Crippen MR) is 127 cm³/mol. The molecule has 35 heavy (non-hydrogen) atoms. The van der Waals surface area contributed by atoms with Crippen LogP contribution in [0.2, 0.25) is 0 Å². The van der Waals surface area contributed by atoms with Crippen LogP contribution in [-0.2, 0) is 17.3 Å². The summed E-state index contributed by atoms with van der Waals surface area (Å²) in [5, 5.41) is 9.00. The number of aryl methyl sites for hydroxylation is 1. The van der Waals surface area contributed by atoms with E-state index in [1.807, 2.05) is 0 Å². The lowest BCUT2D eigenvalue weighted by Gasteiger charge is -2.26. The second kappa shape index (κ2) is 10.3. The third kappa shape index (κ3) is 6.49. The van der Waals surface area contributed by atoms with Gasteiger partial charge >= 0.3 is 5.92 Å². The first-order valence-electron chi connectivity index (χ1n) is 11.2. The third-order valence-corrected chi connectivity index (χ3v) is 5.29. The molecule has 1 aliphatic heterocycles. The monoisotopic (exact) mass is 483 g/mol. The summed E-state index contributed by atoms with van der Waals surface area (Å²) in [7, 11) is 0. The number of pyridine rings is 1. The molecule has 10 nitrogen and oxygen atoms in total. The summed E-state index contributed by atoms with van der Waals surface area (Å²) >= 11 is 0. The van der Waals surface area contributed by atoms with E-state index in [2.05, 4.69) is 45.8 Å². The minimum absolute atomic E-state index is 0.179. The van der Waals surface area contributed by atoms with E-state index >= 15 is 0 Å². The van der Waals surface area contributed by atoms with Crippen LogP contribution in [0.3, 0.4) is 0 Å². The van der Waals surface area contributed by atoms with Crippen molar-refractivity contribution in [1.82, 2.24) is 35.1 Å². The zero-order valence-corrected chi connectivity index (χ0v) is 19.8. The number of amides is 1.